The van der Waals surface area contributed by atoms with Crippen LogP contribution < -0.4 is 4.84 Å². The summed E-state index contributed by atoms with van der Waals surface area (Å²) in [5, 5.41) is 8.59. The first-order valence-corrected chi connectivity index (χ1v) is 3.85. The van der Waals surface area contributed by atoms with E-state index < -0.39 is 0 Å². The van der Waals surface area contributed by atoms with Crippen molar-refractivity contribution in [2.45, 2.75) is 13.5 Å². The molecule has 0 aromatic carbocycles. The van der Waals surface area contributed by atoms with Crippen LogP contribution in [0.25, 0.3) is 0 Å². The van der Waals surface area contributed by atoms with Crippen molar-refractivity contribution in [2.24, 2.45) is 0 Å². The molecule has 0 bridgehead atoms. The van der Waals surface area contributed by atoms with Crippen LogP contribution in [0.2, 0.25) is 0 Å². The van der Waals surface area contributed by atoms with E-state index in [1.807, 2.05) is 19.1 Å². The van der Waals surface area contributed by atoms with E-state index in [9.17, 15) is 0 Å². The summed E-state index contributed by atoms with van der Waals surface area (Å²) >= 11 is 5.31. The van der Waals surface area contributed by atoms with Crippen LogP contribution in [0.4, 0.5) is 0 Å². The third kappa shape index (κ3) is 2.19. The Balaban J connectivity index is 3.00. The van der Waals surface area contributed by atoms with Crippen molar-refractivity contribution in [1.82, 2.24) is 9.82 Å². The Morgan fingerprint density at radius 1 is 1.67 bits per heavy atom. The average Bonchev–Trinajstić information content (AvgIpc) is 2.04. The third-order valence-corrected chi connectivity index (χ3v) is 1.52. The predicted molar refractivity (Wildman–Crippen MR) is 46.4 cm³/mol. The molecule has 0 aliphatic heterocycles. The van der Waals surface area contributed by atoms with Gasteiger partial charge < -0.3 is 0 Å². The molecule has 4 heteroatoms. The first-order valence-electron chi connectivity index (χ1n) is 3.47. The number of pyridine rings is 1. The molecular formula is C8H8ClN3. The maximum Gasteiger partial charge on any atom is 0.141 e. The highest BCUT2D eigenvalue weighted by atomic mass is 35.5. The number of aromatic nitrogens is 1. The van der Waals surface area contributed by atoms with Gasteiger partial charge in [-0.05, 0) is 36.4 Å². The molecule has 62 valence electrons. The maximum absolute atomic E-state index is 8.59. The van der Waals surface area contributed by atoms with Crippen LogP contribution in [0, 0.1) is 18.3 Å². The van der Waals surface area contributed by atoms with Crippen molar-refractivity contribution in [2.75, 3.05) is 0 Å². The van der Waals surface area contributed by atoms with Gasteiger partial charge in [-0.2, -0.15) is 5.26 Å². The molecule has 0 fully saturated rings. The SMILES string of the molecule is Cc1cc(C#N)nc(CNCl)c1. The van der Waals surface area contributed by atoms with Crippen molar-refractivity contribution >= 4 is 11.8 Å². The zero-order valence-electron chi connectivity index (χ0n) is 6.63. The fourth-order valence-corrected chi connectivity index (χ4v) is 1.09. The molecule has 1 heterocycles. The molecule has 3 nitrogen and oxygen atoms in total. The Bertz CT molecular complexity index is 317. The molecule has 1 rings (SSSR count). The van der Waals surface area contributed by atoms with Crippen molar-refractivity contribution in [3.8, 4) is 6.07 Å². The van der Waals surface area contributed by atoms with E-state index in [-0.39, 0.29) is 0 Å². The minimum absolute atomic E-state index is 0.428. The number of nitrogens with one attached hydrogen (secondary N) is 1. The van der Waals surface area contributed by atoms with Gasteiger partial charge in [0.2, 0.25) is 0 Å². The smallest absolute Gasteiger partial charge is 0.141 e. The van der Waals surface area contributed by atoms with Gasteiger partial charge in [-0.1, -0.05) is 0 Å². The summed E-state index contributed by atoms with van der Waals surface area (Å²) in [5.41, 5.74) is 2.22. The third-order valence-electron chi connectivity index (χ3n) is 1.39. The monoisotopic (exact) mass is 181 g/mol. The van der Waals surface area contributed by atoms with E-state index in [0.717, 1.165) is 11.3 Å². The van der Waals surface area contributed by atoms with Crippen molar-refractivity contribution < 1.29 is 0 Å². The summed E-state index contributed by atoms with van der Waals surface area (Å²) in [6, 6.07) is 5.60. The second-order valence-electron chi connectivity index (χ2n) is 2.44. The van der Waals surface area contributed by atoms with Crippen molar-refractivity contribution in [3.63, 3.8) is 0 Å². The number of nitrogens with zero attached hydrogens (tertiary/aromatic N) is 2. The number of rotatable bonds is 2. The van der Waals surface area contributed by atoms with E-state index in [4.69, 9.17) is 17.0 Å². The summed E-state index contributed by atoms with van der Waals surface area (Å²) in [6.07, 6.45) is 0. The van der Waals surface area contributed by atoms with Gasteiger partial charge in [-0.25, -0.2) is 9.82 Å². The number of halogens is 1. The minimum atomic E-state index is 0.428. The molecule has 0 atom stereocenters. The van der Waals surface area contributed by atoms with E-state index in [1.165, 1.54) is 0 Å². The number of nitriles is 1. The molecule has 0 saturated heterocycles. The van der Waals surface area contributed by atoms with Gasteiger partial charge >= 0.3 is 0 Å². The summed E-state index contributed by atoms with van der Waals surface area (Å²) in [4.78, 5) is 6.50. The van der Waals surface area contributed by atoms with Crippen LogP contribution in [0.1, 0.15) is 17.0 Å². The lowest BCUT2D eigenvalue weighted by atomic mass is 10.2. The summed E-state index contributed by atoms with van der Waals surface area (Å²) in [7, 11) is 0. The van der Waals surface area contributed by atoms with E-state index in [2.05, 4.69) is 9.82 Å². The average molecular weight is 182 g/mol. The maximum atomic E-state index is 8.59. The zero-order valence-corrected chi connectivity index (χ0v) is 7.39. The molecule has 0 aliphatic rings. The van der Waals surface area contributed by atoms with Gasteiger partial charge in [-0.15, -0.1) is 0 Å². The quantitative estimate of drug-likeness (QED) is 0.704. The first kappa shape index (κ1) is 8.98. The highest BCUT2D eigenvalue weighted by molar-refractivity contribution is 6.13. The first-order chi connectivity index (χ1) is 5.76. The fraction of sp³-hybridized carbons (Fsp3) is 0.250. The predicted octanol–water partition coefficient (Wildman–Crippen LogP) is 1.51. The Kier molecular flexibility index (Phi) is 3.03. The highest BCUT2D eigenvalue weighted by Gasteiger charge is 1.98. The second kappa shape index (κ2) is 4.05. The van der Waals surface area contributed by atoms with Crippen LogP contribution in [-0.2, 0) is 6.54 Å². The molecule has 1 aromatic heterocycles. The van der Waals surface area contributed by atoms with Crippen LogP contribution in [0.5, 0.6) is 0 Å². The highest BCUT2D eigenvalue weighted by Crippen LogP contribution is 2.04. The molecule has 0 radical (unpaired) electrons. The fourth-order valence-electron chi connectivity index (χ4n) is 0.956. The Morgan fingerprint density at radius 3 is 3.00 bits per heavy atom. The van der Waals surface area contributed by atoms with Crippen molar-refractivity contribution in [3.05, 3.63) is 29.1 Å². The molecule has 12 heavy (non-hydrogen) atoms. The standard InChI is InChI=1S/C8H8ClN3/c1-6-2-7(4-10)12-8(3-6)5-11-9/h2-3,11H,5H2,1H3. The van der Waals surface area contributed by atoms with Gasteiger partial charge in [0.25, 0.3) is 0 Å². The topological polar surface area (TPSA) is 48.7 Å². The molecule has 1 aromatic rings. The molecule has 1 N–H and O–H groups in total. The van der Waals surface area contributed by atoms with Gasteiger partial charge in [0.1, 0.15) is 11.8 Å². The molecule has 0 saturated carbocycles. The Hall–Kier alpha value is -1.11. The lowest BCUT2D eigenvalue weighted by Crippen LogP contribution is -2.02. The van der Waals surface area contributed by atoms with Crippen LogP contribution in [0.15, 0.2) is 12.1 Å². The second-order valence-corrected chi connectivity index (χ2v) is 2.71. The Labute approximate surface area is 76.1 Å². The van der Waals surface area contributed by atoms with Gasteiger partial charge in [0.05, 0.1) is 12.2 Å². The minimum Gasteiger partial charge on any atom is -0.241 e. The van der Waals surface area contributed by atoms with E-state index in [0.29, 0.717) is 12.2 Å². The van der Waals surface area contributed by atoms with Gasteiger partial charge in [-0.3, -0.25) is 0 Å². The number of hydrogen-bond acceptors (Lipinski definition) is 3. The van der Waals surface area contributed by atoms with E-state index in [1.54, 1.807) is 6.07 Å². The van der Waals surface area contributed by atoms with E-state index >= 15 is 0 Å². The van der Waals surface area contributed by atoms with Gasteiger partial charge in [0.15, 0.2) is 0 Å². The molecule has 0 unspecified atom stereocenters. The largest absolute Gasteiger partial charge is 0.241 e. The number of hydrogen-bond donors (Lipinski definition) is 1. The lowest BCUT2D eigenvalue weighted by molar-refractivity contribution is 0.903. The molecular weight excluding hydrogens is 174 g/mol. The molecule has 0 amide bonds. The van der Waals surface area contributed by atoms with Crippen LogP contribution >= 0.6 is 11.8 Å². The normalized spacial score (nSPS) is 9.42. The summed E-state index contributed by atoms with van der Waals surface area (Å²) in [6.45, 7) is 2.39. The molecule has 0 aliphatic carbocycles. The van der Waals surface area contributed by atoms with Crippen molar-refractivity contribution in [1.29, 1.82) is 5.26 Å². The van der Waals surface area contributed by atoms with Crippen LogP contribution in [-0.4, -0.2) is 4.98 Å². The Morgan fingerprint density at radius 2 is 2.42 bits per heavy atom. The number of aryl methyl sites for hydroxylation is 1. The zero-order chi connectivity index (χ0) is 8.97. The molecule has 0 spiro atoms. The summed E-state index contributed by atoms with van der Waals surface area (Å²) < 4.78 is 0. The van der Waals surface area contributed by atoms with Crippen LogP contribution in [0.3, 0.4) is 0 Å². The lowest BCUT2D eigenvalue weighted by Gasteiger charge is -1.99. The van der Waals surface area contributed by atoms with Gasteiger partial charge in [0, 0.05) is 0 Å². The summed E-state index contributed by atoms with van der Waals surface area (Å²) in [5.74, 6) is 0.